The zero-order valence-electron chi connectivity index (χ0n) is 8.67. The Hall–Kier alpha value is -0.370. The highest BCUT2D eigenvalue weighted by Gasteiger charge is 2.39. The fourth-order valence-electron chi connectivity index (χ4n) is 3.05. The Labute approximate surface area is 85.4 Å². The number of rotatable bonds is 2. The molecule has 4 fully saturated rings. The maximum absolute atomic E-state index is 12.0. The molecule has 3 atom stereocenters. The van der Waals surface area contributed by atoms with Gasteiger partial charge in [0.2, 0.25) is 0 Å². The maximum Gasteiger partial charge on any atom is 0.139 e. The average molecular weight is 193 g/mol. The highest BCUT2D eigenvalue weighted by Crippen LogP contribution is 2.37. The van der Waals surface area contributed by atoms with Crippen molar-refractivity contribution in [2.24, 2.45) is 11.8 Å². The lowest BCUT2D eigenvalue weighted by atomic mass is 9.78. The first-order valence-electron chi connectivity index (χ1n) is 6.12. The molecule has 2 saturated carbocycles. The normalized spacial score (nSPS) is 42.1. The zero-order valence-corrected chi connectivity index (χ0v) is 8.67. The summed E-state index contributed by atoms with van der Waals surface area (Å²) < 4.78 is 0. The Morgan fingerprint density at radius 3 is 2.43 bits per heavy atom. The largest absolute Gasteiger partial charge is 0.311 e. The van der Waals surface area contributed by atoms with Crippen molar-refractivity contribution in [1.29, 1.82) is 0 Å². The van der Waals surface area contributed by atoms with Crippen molar-refractivity contribution in [3.63, 3.8) is 0 Å². The Morgan fingerprint density at radius 1 is 0.929 bits per heavy atom. The topological polar surface area (TPSA) is 29.1 Å². The van der Waals surface area contributed by atoms with E-state index in [4.69, 9.17) is 0 Å². The summed E-state index contributed by atoms with van der Waals surface area (Å²) in [4.78, 5) is 12.0. The minimum absolute atomic E-state index is 0.404. The predicted molar refractivity (Wildman–Crippen MR) is 55.0 cm³/mol. The van der Waals surface area contributed by atoms with Gasteiger partial charge in [-0.05, 0) is 38.5 Å². The molecule has 2 saturated heterocycles. The van der Waals surface area contributed by atoms with Gasteiger partial charge in [0.1, 0.15) is 5.78 Å². The third-order valence-electron chi connectivity index (χ3n) is 4.10. The van der Waals surface area contributed by atoms with Crippen LogP contribution in [0.15, 0.2) is 0 Å². The molecule has 78 valence electrons. The van der Waals surface area contributed by atoms with Gasteiger partial charge in [-0.2, -0.15) is 0 Å². The Kier molecular flexibility index (Phi) is 2.12. The number of Topliss-reactive ketones (excluding diaryl/α,β-unsaturated/α-hetero) is 1. The fourth-order valence-corrected chi connectivity index (χ4v) is 3.05. The highest BCUT2D eigenvalue weighted by atomic mass is 16.1. The predicted octanol–water partition coefficient (Wildman–Crippen LogP) is 1.89. The maximum atomic E-state index is 12.0. The van der Waals surface area contributed by atoms with Crippen LogP contribution >= 0.6 is 0 Å². The minimum Gasteiger partial charge on any atom is -0.311 e. The lowest BCUT2D eigenvalue weighted by Crippen LogP contribution is -2.54. The van der Waals surface area contributed by atoms with E-state index in [-0.39, 0.29) is 0 Å². The van der Waals surface area contributed by atoms with E-state index in [1.165, 1.54) is 38.5 Å². The van der Waals surface area contributed by atoms with Crippen molar-refractivity contribution in [3.05, 3.63) is 0 Å². The molecule has 0 aromatic carbocycles. The first-order chi connectivity index (χ1) is 6.83. The molecule has 2 bridgehead atoms. The van der Waals surface area contributed by atoms with Gasteiger partial charge in [0, 0.05) is 23.9 Å². The molecule has 2 heterocycles. The first kappa shape index (κ1) is 8.90. The molecule has 0 amide bonds. The fraction of sp³-hybridized carbons (Fsp3) is 0.917. The van der Waals surface area contributed by atoms with E-state index in [9.17, 15) is 4.79 Å². The van der Waals surface area contributed by atoms with Gasteiger partial charge in [0.05, 0.1) is 0 Å². The molecule has 0 radical (unpaired) electrons. The number of carbonyl (C=O) groups is 1. The molecule has 4 rings (SSSR count). The van der Waals surface area contributed by atoms with E-state index in [2.05, 4.69) is 5.32 Å². The molecule has 1 N–H and O–H groups in total. The van der Waals surface area contributed by atoms with Gasteiger partial charge in [-0.25, -0.2) is 0 Å². The van der Waals surface area contributed by atoms with Crippen LogP contribution in [-0.2, 0) is 4.79 Å². The van der Waals surface area contributed by atoms with Crippen molar-refractivity contribution in [3.8, 4) is 0 Å². The van der Waals surface area contributed by atoms with Crippen LogP contribution in [0.4, 0.5) is 0 Å². The number of nitrogens with one attached hydrogen (secondary N) is 1. The summed E-state index contributed by atoms with van der Waals surface area (Å²) in [6.45, 7) is 0. The van der Waals surface area contributed by atoms with Crippen LogP contribution in [0.3, 0.4) is 0 Å². The van der Waals surface area contributed by atoms with Crippen LogP contribution in [0.1, 0.15) is 44.9 Å². The third-order valence-corrected chi connectivity index (χ3v) is 4.10. The second kappa shape index (κ2) is 3.34. The van der Waals surface area contributed by atoms with Crippen molar-refractivity contribution < 1.29 is 4.79 Å². The van der Waals surface area contributed by atoms with Crippen LogP contribution in [0, 0.1) is 11.8 Å². The number of hydrogen-bond acceptors (Lipinski definition) is 2. The monoisotopic (exact) mass is 193 g/mol. The average Bonchev–Trinajstić information content (AvgIpc) is 2.80. The summed E-state index contributed by atoms with van der Waals surface area (Å²) in [7, 11) is 0. The van der Waals surface area contributed by atoms with Gasteiger partial charge in [0.15, 0.2) is 0 Å². The molecule has 2 aliphatic carbocycles. The van der Waals surface area contributed by atoms with Crippen molar-refractivity contribution in [2.75, 3.05) is 0 Å². The molecular formula is C12H19NO. The van der Waals surface area contributed by atoms with Gasteiger partial charge in [0.25, 0.3) is 0 Å². The van der Waals surface area contributed by atoms with Crippen molar-refractivity contribution in [2.45, 2.75) is 57.0 Å². The SMILES string of the molecule is O=C(C1CC1)C1CCCC2CC(C1)N2. The van der Waals surface area contributed by atoms with Crippen molar-refractivity contribution in [1.82, 2.24) is 5.32 Å². The number of carbonyl (C=O) groups excluding carboxylic acids is 1. The van der Waals surface area contributed by atoms with Crippen molar-refractivity contribution >= 4 is 5.78 Å². The van der Waals surface area contributed by atoms with Gasteiger partial charge < -0.3 is 5.32 Å². The van der Waals surface area contributed by atoms with E-state index >= 15 is 0 Å². The zero-order chi connectivity index (χ0) is 9.54. The van der Waals surface area contributed by atoms with Crippen LogP contribution in [-0.4, -0.2) is 17.9 Å². The molecule has 0 aromatic heterocycles. The number of ketones is 1. The van der Waals surface area contributed by atoms with E-state index in [0.29, 0.717) is 23.7 Å². The standard InChI is InChI=1S/C12H19NO/c14-12(8-4-5-8)9-2-1-3-10-7-11(6-9)13-10/h8-11,13H,1-7H2. The third kappa shape index (κ3) is 1.60. The molecule has 0 spiro atoms. The highest BCUT2D eigenvalue weighted by molar-refractivity contribution is 5.85. The molecule has 2 aliphatic heterocycles. The van der Waals surface area contributed by atoms with Gasteiger partial charge >= 0.3 is 0 Å². The molecule has 2 heteroatoms. The summed E-state index contributed by atoms with van der Waals surface area (Å²) >= 11 is 0. The molecule has 3 unspecified atom stereocenters. The number of hydrogen-bond donors (Lipinski definition) is 1. The lowest BCUT2D eigenvalue weighted by Gasteiger charge is -2.41. The quantitative estimate of drug-likeness (QED) is 0.725. The van der Waals surface area contributed by atoms with Crippen LogP contribution in [0.25, 0.3) is 0 Å². The molecule has 4 aliphatic rings. The second-order valence-corrected chi connectivity index (χ2v) is 5.34. The smallest absolute Gasteiger partial charge is 0.139 e. The summed E-state index contributed by atoms with van der Waals surface area (Å²) in [6, 6.07) is 1.46. The summed E-state index contributed by atoms with van der Waals surface area (Å²) in [5, 5.41) is 3.57. The minimum atomic E-state index is 0.404. The summed E-state index contributed by atoms with van der Waals surface area (Å²) in [5.41, 5.74) is 0. The van der Waals surface area contributed by atoms with E-state index < -0.39 is 0 Å². The lowest BCUT2D eigenvalue weighted by molar-refractivity contribution is -0.125. The molecule has 2 nitrogen and oxygen atoms in total. The molecule has 0 aromatic rings. The van der Waals surface area contributed by atoms with Crippen LogP contribution in [0.2, 0.25) is 0 Å². The van der Waals surface area contributed by atoms with Crippen LogP contribution < -0.4 is 5.32 Å². The Morgan fingerprint density at radius 2 is 1.71 bits per heavy atom. The van der Waals surface area contributed by atoms with Gasteiger partial charge in [-0.1, -0.05) is 6.42 Å². The Bertz CT molecular complexity index is 238. The molecule has 14 heavy (non-hydrogen) atoms. The first-order valence-corrected chi connectivity index (χ1v) is 6.12. The van der Waals surface area contributed by atoms with Gasteiger partial charge in [-0.15, -0.1) is 0 Å². The van der Waals surface area contributed by atoms with E-state index in [1.54, 1.807) is 0 Å². The Balaban J connectivity index is 1.62. The van der Waals surface area contributed by atoms with Gasteiger partial charge in [-0.3, -0.25) is 4.79 Å². The second-order valence-electron chi connectivity index (χ2n) is 5.34. The van der Waals surface area contributed by atoms with E-state index in [1.807, 2.05) is 0 Å². The molecular weight excluding hydrogens is 174 g/mol. The number of fused-ring (bicyclic) bond motifs is 4. The summed E-state index contributed by atoms with van der Waals surface area (Å²) in [6.07, 6.45) is 8.54. The summed E-state index contributed by atoms with van der Waals surface area (Å²) in [5.74, 6) is 1.47. The van der Waals surface area contributed by atoms with E-state index in [0.717, 1.165) is 12.5 Å². The van der Waals surface area contributed by atoms with Crippen LogP contribution in [0.5, 0.6) is 0 Å².